The van der Waals surface area contributed by atoms with Gasteiger partial charge >= 0.3 is 6.03 Å². The van der Waals surface area contributed by atoms with Crippen molar-refractivity contribution in [3.8, 4) is 11.5 Å². The Bertz CT molecular complexity index is 639. The summed E-state index contributed by atoms with van der Waals surface area (Å²) < 4.78 is 10.6. The molecule has 5 nitrogen and oxygen atoms in total. The van der Waals surface area contributed by atoms with E-state index in [1.165, 1.54) is 5.56 Å². The van der Waals surface area contributed by atoms with E-state index in [1.807, 2.05) is 48.5 Å². The summed E-state index contributed by atoms with van der Waals surface area (Å²) in [6.45, 7) is 2.85. The highest BCUT2D eigenvalue weighted by atomic mass is 16.5. The number of urea groups is 1. The summed E-state index contributed by atoms with van der Waals surface area (Å²) >= 11 is 0. The fourth-order valence-corrected chi connectivity index (χ4v) is 2.40. The minimum atomic E-state index is -0.240. The Labute approximate surface area is 149 Å². The van der Waals surface area contributed by atoms with E-state index in [2.05, 4.69) is 17.6 Å². The third-order valence-corrected chi connectivity index (χ3v) is 3.79. The van der Waals surface area contributed by atoms with Crippen LogP contribution in [-0.4, -0.2) is 26.4 Å². The fourth-order valence-electron chi connectivity index (χ4n) is 2.40. The number of rotatable bonds is 9. The van der Waals surface area contributed by atoms with E-state index in [0.717, 1.165) is 36.3 Å². The summed E-state index contributed by atoms with van der Waals surface area (Å²) in [4.78, 5) is 11.7. The molecule has 0 spiro atoms. The molecule has 0 unspecified atom stereocenters. The highest BCUT2D eigenvalue weighted by Crippen LogP contribution is 2.13. The lowest BCUT2D eigenvalue weighted by molar-refractivity contribution is 0.224. The van der Waals surface area contributed by atoms with Crippen LogP contribution in [0, 0.1) is 0 Å². The lowest BCUT2D eigenvalue weighted by Gasteiger charge is -2.10. The summed E-state index contributed by atoms with van der Waals surface area (Å²) in [6.07, 6.45) is 2.95. The standard InChI is InChI=1S/C20H26N2O3/c1-3-4-16-7-11-19(12-8-16)25-15-22-20(23)21-14-13-17-5-9-18(24-2)10-6-17/h5-12H,3-4,13-15H2,1-2H3,(H2,21,22,23). The van der Waals surface area contributed by atoms with Gasteiger partial charge in [-0.05, 0) is 48.2 Å². The van der Waals surface area contributed by atoms with Crippen LogP contribution in [0.1, 0.15) is 24.5 Å². The average Bonchev–Trinajstić information content (AvgIpc) is 2.64. The van der Waals surface area contributed by atoms with Gasteiger partial charge in [0.15, 0.2) is 6.73 Å². The van der Waals surface area contributed by atoms with E-state index in [9.17, 15) is 4.79 Å². The Morgan fingerprint density at radius 2 is 1.48 bits per heavy atom. The summed E-state index contributed by atoms with van der Waals surface area (Å²) in [5.74, 6) is 1.58. The molecule has 0 fully saturated rings. The number of carbonyl (C=O) groups is 1. The Morgan fingerprint density at radius 3 is 2.08 bits per heavy atom. The minimum Gasteiger partial charge on any atom is -0.497 e. The van der Waals surface area contributed by atoms with Crippen LogP contribution in [0.4, 0.5) is 4.79 Å². The molecular formula is C20H26N2O3. The molecule has 0 aliphatic carbocycles. The van der Waals surface area contributed by atoms with Crippen LogP contribution in [0.2, 0.25) is 0 Å². The number of hydrogen-bond acceptors (Lipinski definition) is 3. The van der Waals surface area contributed by atoms with E-state index in [-0.39, 0.29) is 12.8 Å². The van der Waals surface area contributed by atoms with Crippen molar-refractivity contribution in [2.75, 3.05) is 20.4 Å². The molecule has 134 valence electrons. The highest BCUT2D eigenvalue weighted by molar-refractivity contribution is 5.73. The zero-order chi connectivity index (χ0) is 17.9. The first kappa shape index (κ1) is 18.6. The number of nitrogens with one attached hydrogen (secondary N) is 2. The van der Waals surface area contributed by atoms with Crippen LogP contribution in [0.15, 0.2) is 48.5 Å². The molecule has 5 heteroatoms. The Balaban J connectivity index is 1.61. The summed E-state index contributed by atoms with van der Waals surface area (Å²) in [7, 11) is 1.64. The number of benzene rings is 2. The topological polar surface area (TPSA) is 59.6 Å². The predicted octanol–water partition coefficient (Wildman–Crippen LogP) is 3.53. The van der Waals surface area contributed by atoms with Gasteiger partial charge in [0.2, 0.25) is 0 Å². The Morgan fingerprint density at radius 1 is 0.880 bits per heavy atom. The highest BCUT2D eigenvalue weighted by Gasteiger charge is 2.01. The van der Waals surface area contributed by atoms with Gasteiger partial charge in [0, 0.05) is 6.54 Å². The minimum absolute atomic E-state index is 0.140. The molecule has 25 heavy (non-hydrogen) atoms. The maximum Gasteiger partial charge on any atom is 0.317 e. The molecule has 2 aromatic carbocycles. The second-order valence-electron chi connectivity index (χ2n) is 5.71. The SMILES string of the molecule is CCCc1ccc(OCNC(=O)NCCc2ccc(OC)cc2)cc1. The smallest absolute Gasteiger partial charge is 0.317 e. The van der Waals surface area contributed by atoms with Gasteiger partial charge in [-0.25, -0.2) is 4.79 Å². The van der Waals surface area contributed by atoms with Crippen LogP contribution in [0.5, 0.6) is 11.5 Å². The third kappa shape index (κ3) is 6.75. The van der Waals surface area contributed by atoms with Gasteiger partial charge in [-0.1, -0.05) is 37.6 Å². The average molecular weight is 342 g/mol. The molecule has 2 aromatic rings. The first-order valence-corrected chi connectivity index (χ1v) is 8.57. The van der Waals surface area contributed by atoms with Crippen molar-refractivity contribution >= 4 is 6.03 Å². The van der Waals surface area contributed by atoms with Crippen LogP contribution in [-0.2, 0) is 12.8 Å². The van der Waals surface area contributed by atoms with Crippen molar-refractivity contribution in [2.45, 2.75) is 26.2 Å². The molecule has 0 saturated heterocycles. The lowest BCUT2D eigenvalue weighted by Crippen LogP contribution is -2.38. The predicted molar refractivity (Wildman–Crippen MR) is 99.2 cm³/mol. The molecule has 0 aliphatic rings. The van der Waals surface area contributed by atoms with E-state index in [1.54, 1.807) is 7.11 Å². The van der Waals surface area contributed by atoms with Crippen molar-refractivity contribution in [3.63, 3.8) is 0 Å². The van der Waals surface area contributed by atoms with Gasteiger partial charge < -0.3 is 20.1 Å². The number of carbonyl (C=O) groups excluding carboxylic acids is 1. The lowest BCUT2D eigenvalue weighted by atomic mass is 10.1. The van der Waals surface area contributed by atoms with Gasteiger partial charge in [0.05, 0.1) is 7.11 Å². The summed E-state index contributed by atoms with van der Waals surface area (Å²) in [5, 5.41) is 5.49. The van der Waals surface area contributed by atoms with Crippen LogP contribution in [0.3, 0.4) is 0 Å². The van der Waals surface area contributed by atoms with Crippen molar-refractivity contribution in [2.24, 2.45) is 0 Å². The van der Waals surface area contributed by atoms with Crippen molar-refractivity contribution in [1.82, 2.24) is 10.6 Å². The number of amides is 2. The second-order valence-corrected chi connectivity index (χ2v) is 5.71. The van der Waals surface area contributed by atoms with Gasteiger partial charge in [0.1, 0.15) is 11.5 Å². The zero-order valence-electron chi connectivity index (χ0n) is 14.9. The maximum atomic E-state index is 11.7. The molecule has 2 N–H and O–H groups in total. The van der Waals surface area contributed by atoms with E-state index < -0.39 is 0 Å². The van der Waals surface area contributed by atoms with Gasteiger partial charge in [-0.2, -0.15) is 0 Å². The van der Waals surface area contributed by atoms with Gasteiger partial charge in [-0.15, -0.1) is 0 Å². The molecule has 0 saturated carbocycles. The second kappa shape index (κ2) is 10.2. The van der Waals surface area contributed by atoms with Crippen LogP contribution in [0.25, 0.3) is 0 Å². The van der Waals surface area contributed by atoms with Crippen molar-refractivity contribution in [1.29, 1.82) is 0 Å². The monoisotopic (exact) mass is 342 g/mol. The molecule has 0 bridgehead atoms. The summed E-state index contributed by atoms with van der Waals surface area (Å²) in [6, 6.07) is 15.5. The Hall–Kier alpha value is -2.69. The normalized spacial score (nSPS) is 10.2. The third-order valence-electron chi connectivity index (χ3n) is 3.79. The van der Waals surface area contributed by atoms with Crippen molar-refractivity contribution in [3.05, 3.63) is 59.7 Å². The summed E-state index contributed by atoms with van der Waals surface area (Å²) in [5.41, 5.74) is 2.43. The fraction of sp³-hybridized carbons (Fsp3) is 0.350. The Kier molecular flexibility index (Phi) is 7.63. The van der Waals surface area contributed by atoms with Crippen LogP contribution < -0.4 is 20.1 Å². The van der Waals surface area contributed by atoms with E-state index in [4.69, 9.17) is 9.47 Å². The molecule has 0 radical (unpaired) electrons. The quantitative estimate of drug-likeness (QED) is 0.686. The maximum absolute atomic E-state index is 11.7. The largest absolute Gasteiger partial charge is 0.497 e. The molecule has 0 atom stereocenters. The van der Waals surface area contributed by atoms with Gasteiger partial charge in [-0.3, -0.25) is 0 Å². The number of aryl methyl sites for hydroxylation is 1. The number of methoxy groups -OCH3 is 1. The molecule has 0 heterocycles. The zero-order valence-corrected chi connectivity index (χ0v) is 14.9. The first-order chi connectivity index (χ1) is 12.2. The molecule has 0 aliphatic heterocycles. The molecule has 2 rings (SSSR count). The van der Waals surface area contributed by atoms with E-state index in [0.29, 0.717) is 6.54 Å². The van der Waals surface area contributed by atoms with Gasteiger partial charge in [0.25, 0.3) is 0 Å². The number of ether oxygens (including phenoxy) is 2. The molecule has 2 amide bonds. The number of hydrogen-bond donors (Lipinski definition) is 2. The van der Waals surface area contributed by atoms with Crippen molar-refractivity contribution < 1.29 is 14.3 Å². The first-order valence-electron chi connectivity index (χ1n) is 8.57. The molecule has 0 aromatic heterocycles. The van der Waals surface area contributed by atoms with E-state index >= 15 is 0 Å². The molecular weight excluding hydrogens is 316 g/mol. The van der Waals surface area contributed by atoms with Crippen LogP contribution >= 0.6 is 0 Å².